The van der Waals surface area contributed by atoms with Crippen LogP contribution in [0.1, 0.15) is 54.4 Å². The van der Waals surface area contributed by atoms with Crippen molar-refractivity contribution in [3.8, 4) is 0 Å². The molecule has 0 radical (unpaired) electrons. The van der Waals surface area contributed by atoms with Gasteiger partial charge in [-0.05, 0) is 44.7 Å². The van der Waals surface area contributed by atoms with Crippen molar-refractivity contribution >= 4 is 11.7 Å². The molecular formula is C15H20FNO2. The first kappa shape index (κ1) is 13.8. The fourth-order valence-corrected chi connectivity index (χ4v) is 2.40. The highest BCUT2D eigenvalue weighted by Crippen LogP contribution is 2.23. The molecule has 2 N–H and O–H groups in total. The standard InChI is InChI=1S/C15H20FNO2/c1-10-13(16)8-11(9-14(10)17)15(18)19-12-6-4-2-3-5-7-12/h8-9,12H,2-7,17H2,1H3. The van der Waals surface area contributed by atoms with Crippen molar-refractivity contribution in [2.75, 3.05) is 5.73 Å². The lowest BCUT2D eigenvalue weighted by molar-refractivity contribution is 0.0267. The zero-order valence-corrected chi connectivity index (χ0v) is 11.2. The summed E-state index contributed by atoms with van der Waals surface area (Å²) in [7, 11) is 0. The van der Waals surface area contributed by atoms with Gasteiger partial charge in [0.1, 0.15) is 11.9 Å². The van der Waals surface area contributed by atoms with E-state index in [1.165, 1.54) is 25.0 Å². The number of carbonyl (C=O) groups excluding carboxylic acids is 1. The quantitative estimate of drug-likeness (QED) is 0.505. The Bertz CT molecular complexity index is 442. The van der Waals surface area contributed by atoms with Gasteiger partial charge in [0.25, 0.3) is 0 Å². The molecule has 0 unspecified atom stereocenters. The van der Waals surface area contributed by atoms with Crippen molar-refractivity contribution < 1.29 is 13.9 Å². The van der Waals surface area contributed by atoms with Crippen LogP contribution in [0.4, 0.5) is 10.1 Å². The highest BCUT2D eigenvalue weighted by atomic mass is 19.1. The SMILES string of the molecule is Cc1c(N)cc(C(=O)OC2CCCCCC2)cc1F. The molecule has 1 aliphatic carbocycles. The second-order valence-corrected chi connectivity index (χ2v) is 5.19. The Hall–Kier alpha value is -1.58. The number of benzene rings is 1. The van der Waals surface area contributed by atoms with E-state index in [1.807, 2.05) is 0 Å². The Labute approximate surface area is 112 Å². The molecular weight excluding hydrogens is 245 g/mol. The van der Waals surface area contributed by atoms with E-state index < -0.39 is 11.8 Å². The minimum atomic E-state index is -0.475. The number of halogens is 1. The molecule has 0 aromatic heterocycles. The first-order chi connectivity index (χ1) is 9.08. The van der Waals surface area contributed by atoms with E-state index in [4.69, 9.17) is 10.5 Å². The minimum absolute atomic E-state index is 0.0411. The van der Waals surface area contributed by atoms with Crippen LogP contribution in [0.5, 0.6) is 0 Å². The van der Waals surface area contributed by atoms with Crippen LogP contribution in [0, 0.1) is 12.7 Å². The van der Waals surface area contributed by atoms with Gasteiger partial charge in [0.2, 0.25) is 0 Å². The summed E-state index contributed by atoms with van der Waals surface area (Å²) in [4.78, 5) is 12.0. The van der Waals surface area contributed by atoms with Gasteiger partial charge >= 0.3 is 5.97 Å². The Balaban J connectivity index is 2.07. The van der Waals surface area contributed by atoms with Crippen molar-refractivity contribution in [2.24, 2.45) is 0 Å². The summed E-state index contributed by atoms with van der Waals surface area (Å²) >= 11 is 0. The Morgan fingerprint density at radius 3 is 2.47 bits per heavy atom. The number of nitrogen functional groups attached to an aromatic ring is 1. The van der Waals surface area contributed by atoms with Crippen LogP contribution in [0.3, 0.4) is 0 Å². The maximum atomic E-state index is 13.6. The topological polar surface area (TPSA) is 52.3 Å². The summed E-state index contributed by atoms with van der Waals surface area (Å²) in [5.74, 6) is -0.940. The van der Waals surface area contributed by atoms with Gasteiger partial charge in [-0.15, -0.1) is 0 Å². The van der Waals surface area contributed by atoms with Crippen molar-refractivity contribution in [3.05, 3.63) is 29.1 Å². The number of esters is 1. The Morgan fingerprint density at radius 2 is 1.89 bits per heavy atom. The third kappa shape index (κ3) is 3.46. The molecule has 0 heterocycles. The van der Waals surface area contributed by atoms with Gasteiger partial charge in [0, 0.05) is 11.3 Å². The van der Waals surface area contributed by atoms with Gasteiger partial charge < -0.3 is 10.5 Å². The first-order valence-electron chi connectivity index (χ1n) is 6.84. The number of ether oxygens (including phenoxy) is 1. The predicted octanol–water partition coefficient (Wildman–Crippen LogP) is 3.60. The summed E-state index contributed by atoms with van der Waals surface area (Å²) in [5.41, 5.74) is 6.52. The van der Waals surface area contributed by atoms with Crippen LogP contribution in [-0.4, -0.2) is 12.1 Å². The number of nitrogens with two attached hydrogens (primary N) is 1. The molecule has 0 spiro atoms. The van der Waals surface area contributed by atoms with Gasteiger partial charge in [-0.3, -0.25) is 0 Å². The van der Waals surface area contributed by atoms with Gasteiger partial charge in [-0.25, -0.2) is 9.18 Å². The minimum Gasteiger partial charge on any atom is -0.459 e. The van der Waals surface area contributed by atoms with Gasteiger partial charge in [-0.1, -0.05) is 12.8 Å². The number of hydrogen-bond donors (Lipinski definition) is 1. The lowest BCUT2D eigenvalue weighted by atomic mass is 10.1. The molecule has 0 amide bonds. The van der Waals surface area contributed by atoms with Crippen LogP contribution in [-0.2, 0) is 4.74 Å². The summed E-state index contributed by atoms with van der Waals surface area (Å²) in [6, 6.07) is 2.68. The van der Waals surface area contributed by atoms with Crippen LogP contribution in [0.15, 0.2) is 12.1 Å². The largest absolute Gasteiger partial charge is 0.459 e. The van der Waals surface area contributed by atoms with Crippen LogP contribution >= 0.6 is 0 Å². The Morgan fingerprint density at radius 1 is 1.26 bits per heavy atom. The second-order valence-electron chi connectivity index (χ2n) is 5.19. The molecule has 0 aliphatic heterocycles. The summed E-state index contributed by atoms with van der Waals surface area (Å²) < 4.78 is 19.0. The van der Waals surface area contributed by atoms with Crippen LogP contribution < -0.4 is 5.73 Å². The average Bonchev–Trinajstić information content (AvgIpc) is 2.64. The highest BCUT2D eigenvalue weighted by molar-refractivity contribution is 5.90. The van der Waals surface area contributed by atoms with Crippen molar-refractivity contribution in [3.63, 3.8) is 0 Å². The molecule has 3 nitrogen and oxygen atoms in total. The third-order valence-corrected chi connectivity index (χ3v) is 3.70. The van der Waals surface area contributed by atoms with Gasteiger partial charge in [0.15, 0.2) is 0 Å². The maximum Gasteiger partial charge on any atom is 0.338 e. The van der Waals surface area contributed by atoms with E-state index in [0.717, 1.165) is 25.7 Å². The molecule has 1 aromatic rings. The summed E-state index contributed by atoms with van der Waals surface area (Å²) in [6.07, 6.45) is 6.32. The van der Waals surface area contributed by atoms with E-state index in [9.17, 15) is 9.18 Å². The maximum absolute atomic E-state index is 13.6. The van der Waals surface area contributed by atoms with Gasteiger partial charge in [-0.2, -0.15) is 0 Å². The third-order valence-electron chi connectivity index (χ3n) is 3.70. The number of rotatable bonds is 2. The number of hydrogen-bond acceptors (Lipinski definition) is 3. The number of carbonyl (C=O) groups is 1. The van der Waals surface area contributed by atoms with Crippen LogP contribution in [0.2, 0.25) is 0 Å². The number of anilines is 1. The monoisotopic (exact) mass is 265 g/mol. The van der Waals surface area contributed by atoms with Crippen LogP contribution in [0.25, 0.3) is 0 Å². The van der Waals surface area contributed by atoms with Gasteiger partial charge in [0.05, 0.1) is 5.56 Å². The molecule has 0 atom stereocenters. The molecule has 104 valence electrons. The fourth-order valence-electron chi connectivity index (χ4n) is 2.40. The lowest BCUT2D eigenvalue weighted by Gasteiger charge is -2.16. The second kappa shape index (κ2) is 6.04. The van der Waals surface area contributed by atoms with E-state index in [-0.39, 0.29) is 17.4 Å². The normalized spacial score (nSPS) is 16.9. The molecule has 1 aromatic carbocycles. The van der Waals surface area contributed by atoms with E-state index in [1.54, 1.807) is 6.92 Å². The van der Waals surface area contributed by atoms with E-state index in [2.05, 4.69) is 0 Å². The summed E-state index contributed by atoms with van der Waals surface area (Å²) in [5, 5.41) is 0. The lowest BCUT2D eigenvalue weighted by Crippen LogP contribution is -2.18. The molecule has 0 bridgehead atoms. The molecule has 0 saturated heterocycles. The van der Waals surface area contributed by atoms with Crippen molar-refractivity contribution in [2.45, 2.75) is 51.6 Å². The Kier molecular flexibility index (Phi) is 4.40. The van der Waals surface area contributed by atoms with E-state index in [0.29, 0.717) is 5.56 Å². The highest BCUT2D eigenvalue weighted by Gasteiger charge is 2.19. The molecule has 19 heavy (non-hydrogen) atoms. The summed E-state index contributed by atoms with van der Waals surface area (Å²) in [6.45, 7) is 1.59. The van der Waals surface area contributed by atoms with Crippen molar-refractivity contribution in [1.29, 1.82) is 0 Å². The fraction of sp³-hybridized carbons (Fsp3) is 0.533. The molecule has 1 aliphatic rings. The predicted molar refractivity (Wildman–Crippen MR) is 72.5 cm³/mol. The zero-order chi connectivity index (χ0) is 13.8. The molecule has 2 rings (SSSR count). The van der Waals surface area contributed by atoms with E-state index >= 15 is 0 Å². The zero-order valence-electron chi connectivity index (χ0n) is 11.2. The average molecular weight is 265 g/mol. The molecule has 1 saturated carbocycles. The first-order valence-corrected chi connectivity index (χ1v) is 6.84. The molecule has 4 heteroatoms. The smallest absolute Gasteiger partial charge is 0.338 e. The molecule has 1 fully saturated rings. The van der Waals surface area contributed by atoms with Crippen molar-refractivity contribution in [1.82, 2.24) is 0 Å².